The van der Waals surface area contributed by atoms with Gasteiger partial charge in [0.05, 0.1) is 15.7 Å². The van der Waals surface area contributed by atoms with E-state index < -0.39 is 0 Å². The first-order valence-corrected chi connectivity index (χ1v) is 6.82. The Labute approximate surface area is 126 Å². The summed E-state index contributed by atoms with van der Waals surface area (Å²) in [5, 5.41) is 17.4. The fourth-order valence-electron chi connectivity index (χ4n) is 1.72. The van der Waals surface area contributed by atoms with Crippen LogP contribution in [-0.4, -0.2) is 16.3 Å². The van der Waals surface area contributed by atoms with Gasteiger partial charge < -0.3 is 11.1 Å². The number of nitrogens with two attached hydrogens (primary N) is 1. The van der Waals surface area contributed by atoms with Gasteiger partial charge in [0.25, 0.3) is 0 Å². The van der Waals surface area contributed by atoms with Crippen molar-refractivity contribution >= 4 is 34.8 Å². The number of nitriles is 1. The quantitative estimate of drug-likeness (QED) is 0.906. The van der Waals surface area contributed by atoms with Crippen molar-refractivity contribution in [1.29, 1.82) is 5.26 Å². The first-order chi connectivity index (χ1) is 9.58. The highest BCUT2D eigenvalue weighted by Gasteiger charge is 2.16. The summed E-state index contributed by atoms with van der Waals surface area (Å²) < 4.78 is 1.47. The van der Waals surface area contributed by atoms with Gasteiger partial charge in [0.2, 0.25) is 0 Å². The zero-order chi connectivity index (χ0) is 14.7. The molecule has 0 amide bonds. The molecule has 1 heterocycles. The second-order valence-electron chi connectivity index (χ2n) is 4.16. The molecule has 0 spiro atoms. The lowest BCUT2D eigenvalue weighted by Crippen LogP contribution is -2.03. The Morgan fingerprint density at radius 1 is 1.40 bits per heavy atom. The third kappa shape index (κ3) is 2.67. The third-order valence-electron chi connectivity index (χ3n) is 2.72. The second kappa shape index (κ2) is 6.04. The van der Waals surface area contributed by atoms with E-state index in [-0.39, 0.29) is 5.82 Å². The molecular formula is C13H13Cl2N5. The molecule has 0 saturated heterocycles. The van der Waals surface area contributed by atoms with Crippen LogP contribution >= 0.6 is 23.2 Å². The van der Waals surface area contributed by atoms with Crippen LogP contribution < -0.4 is 11.1 Å². The number of aromatic nitrogens is 2. The largest absolute Gasteiger partial charge is 0.382 e. The minimum Gasteiger partial charge on any atom is -0.382 e. The van der Waals surface area contributed by atoms with E-state index in [1.54, 1.807) is 18.2 Å². The van der Waals surface area contributed by atoms with E-state index in [4.69, 9.17) is 28.9 Å². The number of halogens is 2. The first kappa shape index (κ1) is 14.5. The maximum Gasteiger partial charge on any atom is 0.168 e. The molecule has 7 heteroatoms. The Kier molecular flexibility index (Phi) is 4.38. The van der Waals surface area contributed by atoms with Gasteiger partial charge in [-0.1, -0.05) is 30.1 Å². The Bertz CT molecular complexity index is 672. The molecule has 2 rings (SSSR count). The van der Waals surface area contributed by atoms with Crippen molar-refractivity contribution in [3.05, 3.63) is 33.8 Å². The number of benzene rings is 1. The van der Waals surface area contributed by atoms with E-state index in [1.165, 1.54) is 4.68 Å². The smallest absolute Gasteiger partial charge is 0.168 e. The molecule has 3 N–H and O–H groups in total. The SMILES string of the molecule is CCCNc1nn(-c2ccc(Cl)c(Cl)c2)c(N)c1C#N. The summed E-state index contributed by atoms with van der Waals surface area (Å²) in [4.78, 5) is 0. The highest BCUT2D eigenvalue weighted by Crippen LogP contribution is 2.28. The van der Waals surface area contributed by atoms with Crippen molar-refractivity contribution in [2.75, 3.05) is 17.6 Å². The molecule has 0 unspecified atom stereocenters. The summed E-state index contributed by atoms with van der Waals surface area (Å²) in [5.74, 6) is 0.738. The third-order valence-corrected chi connectivity index (χ3v) is 3.46. The van der Waals surface area contributed by atoms with Crippen LogP contribution in [0.3, 0.4) is 0 Å². The Hall–Kier alpha value is -1.90. The van der Waals surface area contributed by atoms with Crippen molar-refractivity contribution in [2.45, 2.75) is 13.3 Å². The normalized spacial score (nSPS) is 10.3. The molecule has 20 heavy (non-hydrogen) atoms. The molecule has 104 valence electrons. The second-order valence-corrected chi connectivity index (χ2v) is 4.97. The van der Waals surface area contributed by atoms with Gasteiger partial charge in [-0.3, -0.25) is 0 Å². The van der Waals surface area contributed by atoms with Gasteiger partial charge in [-0.05, 0) is 24.6 Å². The predicted octanol–water partition coefficient (Wildman–Crippen LogP) is 3.45. The summed E-state index contributed by atoms with van der Waals surface area (Å²) in [6, 6.07) is 7.11. The summed E-state index contributed by atoms with van der Waals surface area (Å²) >= 11 is 11.9. The van der Waals surface area contributed by atoms with Crippen LogP contribution in [0.4, 0.5) is 11.6 Å². The monoisotopic (exact) mass is 309 g/mol. The van der Waals surface area contributed by atoms with Crippen molar-refractivity contribution in [3.8, 4) is 11.8 Å². The molecule has 0 radical (unpaired) electrons. The van der Waals surface area contributed by atoms with Gasteiger partial charge in [-0.2, -0.15) is 5.26 Å². The highest BCUT2D eigenvalue weighted by molar-refractivity contribution is 6.42. The minimum absolute atomic E-state index is 0.268. The molecule has 0 aliphatic carbocycles. The lowest BCUT2D eigenvalue weighted by atomic mass is 10.3. The fraction of sp³-hybridized carbons (Fsp3) is 0.231. The molecule has 1 aromatic carbocycles. The lowest BCUT2D eigenvalue weighted by molar-refractivity contribution is 0.880. The average molecular weight is 310 g/mol. The Balaban J connectivity index is 2.49. The molecule has 0 aliphatic heterocycles. The number of rotatable bonds is 4. The number of hydrogen-bond donors (Lipinski definition) is 2. The maximum atomic E-state index is 9.19. The zero-order valence-electron chi connectivity index (χ0n) is 10.8. The molecule has 2 aromatic rings. The molecule has 5 nitrogen and oxygen atoms in total. The van der Waals surface area contributed by atoms with Crippen LogP contribution in [-0.2, 0) is 0 Å². The van der Waals surface area contributed by atoms with E-state index in [1.807, 2.05) is 6.92 Å². The van der Waals surface area contributed by atoms with Crippen LogP contribution in [0, 0.1) is 11.3 Å². The number of hydrogen-bond acceptors (Lipinski definition) is 4. The predicted molar refractivity (Wildman–Crippen MR) is 81.5 cm³/mol. The number of nitrogens with zero attached hydrogens (tertiary/aromatic N) is 3. The molecule has 0 saturated carbocycles. The van der Waals surface area contributed by atoms with Gasteiger partial charge in [0, 0.05) is 6.54 Å². The molecular weight excluding hydrogens is 297 g/mol. The maximum absolute atomic E-state index is 9.19. The highest BCUT2D eigenvalue weighted by atomic mass is 35.5. The summed E-state index contributed by atoms with van der Waals surface area (Å²) in [7, 11) is 0. The van der Waals surface area contributed by atoms with E-state index in [2.05, 4.69) is 16.5 Å². The molecule has 0 fully saturated rings. The van der Waals surface area contributed by atoms with Gasteiger partial charge in [0.15, 0.2) is 5.82 Å². The molecule has 0 bridgehead atoms. The lowest BCUT2D eigenvalue weighted by Gasteiger charge is -2.05. The van der Waals surface area contributed by atoms with E-state index in [9.17, 15) is 5.26 Å². The molecule has 0 aliphatic rings. The summed E-state index contributed by atoms with van der Waals surface area (Å²) in [6.45, 7) is 2.74. The van der Waals surface area contributed by atoms with Gasteiger partial charge in [-0.15, -0.1) is 5.10 Å². The van der Waals surface area contributed by atoms with Crippen LogP contribution in [0.15, 0.2) is 18.2 Å². The number of nitrogens with one attached hydrogen (secondary N) is 1. The zero-order valence-corrected chi connectivity index (χ0v) is 12.3. The van der Waals surface area contributed by atoms with E-state index in [0.717, 1.165) is 6.42 Å². The first-order valence-electron chi connectivity index (χ1n) is 6.06. The van der Waals surface area contributed by atoms with Crippen LogP contribution in [0.5, 0.6) is 0 Å². The standard InChI is InChI=1S/C13H13Cl2N5/c1-2-5-18-13-9(7-16)12(17)20(19-13)8-3-4-10(14)11(15)6-8/h3-4,6H,2,5,17H2,1H3,(H,18,19). The van der Waals surface area contributed by atoms with Crippen LogP contribution in [0.2, 0.25) is 10.0 Å². The van der Waals surface area contributed by atoms with Gasteiger partial charge in [0.1, 0.15) is 17.5 Å². The minimum atomic E-state index is 0.268. The topological polar surface area (TPSA) is 79.7 Å². The van der Waals surface area contributed by atoms with Gasteiger partial charge in [-0.25, -0.2) is 4.68 Å². The van der Waals surface area contributed by atoms with Crippen LogP contribution in [0.1, 0.15) is 18.9 Å². The van der Waals surface area contributed by atoms with E-state index >= 15 is 0 Å². The fourth-order valence-corrected chi connectivity index (χ4v) is 2.01. The van der Waals surface area contributed by atoms with Crippen molar-refractivity contribution in [1.82, 2.24) is 9.78 Å². The molecule has 0 atom stereocenters. The van der Waals surface area contributed by atoms with Crippen LogP contribution in [0.25, 0.3) is 5.69 Å². The van der Waals surface area contributed by atoms with Crippen molar-refractivity contribution < 1.29 is 0 Å². The number of anilines is 2. The van der Waals surface area contributed by atoms with Crippen molar-refractivity contribution in [3.63, 3.8) is 0 Å². The Morgan fingerprint density at radius 3 is 2.75 bits per heavy atom. The van der Waals surface area contributed by atoms with Crippen molar-refractivity contribution in [2.24, 2.45) is 0 Å². The molecule has 1 aromatic heterocycles. The van der Waals surface area contributed by atoms with Gasteiger partial charge >= 0.3 is 0 Å². The van der Waals surface area contributed by atoms with E-state index in [0.29, 0.717) is 33.7 Å². The Morgan fingerprint density at radius 2 is 2.15 bits per heavy atom. The summed E-state index contributed by atoms with van der Waals surface area (Å²) in [5.41, 5.74) is 6.94. The summed E-state index contributed by atoms with van der Waals surface area (Å²) in [6.07, 6.45) is 0.921. The number of nitrogen functional groups attached to an aromatic ring is 1. The average Bonchev–Trinajstić information content (AvgIpc) is 2.75.